The summed E-state index contributed by atoms with van der Waals surface area (Å²) < 4.78 is 0. The standard InChI is InChI=1S/C15H17ClN2S/c1-11-2-8-14(9-3-11)19-10-15(18-17)12-4-6-13(16)7-5-12/h2-9,15,18H,10,17H2,1H3. The van der Waals surface area contributed by atoms with Crippen LogP contribution in [0.4, 0.5) is 0 Å². The maximum atomic E-state index is 5.89. The molecule has 0 spiro atoms. The molecule has 0 aromatic heterocycles. The first-order chi connectivity index (χ1) is 9.19. The van der Waals surface area contributed by atoms with Gasteiger partial charge in [0.2, 0.25) is 0 Å². The summed E-state index contributed by atoms with van der Waals surface area (Å²) in [5.74, 6) is 6.51. The molecule has 3 N–H and O–H groups in total. The highest BCUT2D eigenvalue weighted by molar-refractivity contribution is 7.99. The third-order valence-electron chi connectivity index (χ3n) is 2.91. The molecular formula is C15H17ClN2S. The van der Waals surface area contributed by atoms with Gasteiger partial charge in [0.25, 0.3) is 0 Å². The van der Waals surface area contributed by atoms with Crippen LogP contribution >= 0.6 is 23.4 Å². The Hall–Kier alpha value is -1.00. The van der Waals surface area contributed by atoms with E-state index in [1.165, 1.54) is 10.5 Å². The van der Waals surface area contributed by atoms with Crippen LogP contribution in [0.1, 0.15) is 17.2 Å². The van der Waals surface area contributed by atoms with Crippen LogP contribution in [0.15, 0.2) is 53.4 Å². The van der Waals surface area contributed by atoms with Gasteiger partial charge in [-0.1, -0.05) is 41.4 Å². The van der Waals surface area contributed by atoms with E-state index in [9.17, 15) is 0 Å². The van der Waals surface area contributed by atoms with Crippen LogP contribution in [0.2, 0.25) is 5.02 Å². The molecule has 2 aromatic carbocycles. The molecule has 2 rings (SSSR count). The summed E-state index contributed by atoms with van der Waals surface area (Å²) in [6.07, 6.45) is 0. The minimum Gasteiger partial charge on any atom is -0.271 e. The summed E-state index contributed by atoms with van der Waals surface area (Å²) in [5.41, 5.74) is 5.27. The molecule has 1 unspecified atom stereocenters. The predicted molar refractivity (Wildman–Crippen MR) is 83.4 cm³/mol. The Morgan fingerprint density at radius 1 is 1.11 bits per heavy atom. The lowest BCUT2D eigenvalue weighted by atomic mass is 10.1. The Labute approximate surface area is 123 Å². The molecule has 1 atom stereocenters. The van der Waals surface area contributed by atoms with Crippen molar-refractivity contribution in [3.05, 3.63) is 64.7 Å². The summed E-state index contributed by atoms with van der Waals surface area (Å²) in [7, 11) is 0. The fourth-order valence-corrected chi connectivity index (χ4v) is 2.85. The minimum absolute atomic E-state index is 0.114. The van der Waals surface area contributed by atoms with Gasteiger partial charge in [0.1, 0.15) is 0 Å². The third kappa shape index (κ3) is 4.25. The average molecular weight is 293 g/mol. The lowest BCUT2D eigenvalue weighted by molar-refractivity contribution is 0.611. The van der Waals surface area contributed by atoms with Crippen molar-refractivity contribution in [3.63, 3.8) is 0 Å². The van der Waals surface area contributed by atoms with Gasteiger partial charge < -0.3 is 0 Å². The number of benzene rings is 2. The summed E-state index contributed by atoms with van der Waals surface area (Å²) in [6, 6.07) is 16.4. The molecule has 2 nitrogen and oxygen atoms in total. The van der Waals surface area contributed by atoms with Crippen LogP contribution in [-0.4, -0.2) is 5.75 Å². The molecule has 0 aliphatic heterocycles. The molecule has 19 heavy (non-hydrogen) atoms. The highest BCUT2D eigenvalue weighted by atomic mass is 35.5. The molecule has 2 aromatic rings. The van der Waals surface area contributed by atoms with Crippen molar-refractivity contribution in [1.29, 1.82) is 0 Å². The van der Waals surface area contributed by atoms with Gasteiger partial charge in [-0.15, -0.1) is 11.8 Å². The zero-order chi connectivity index (χ0) is 13.7. The SMILES string of the molecule is Cc1ccc(SCC(NN)c2ccc(Cl)cc2)cc1. The monoisotopic (exact) mass is 292 g/mol. The first-order valence-corrected chi connectivity index (χ1v) is 7.46. The Balaban J connectivity index is 1.99. The number of rotatable bonds is 5. The molecule has 0 fully saturated rings. The van der Waals surface area contributed by atoms with Crippen LogP contribution in [-0.2, 0) is 0 Å². The summed E-state index contributed by atoms with van der Waals surface area (Å²) >= 11 is 7.68. The van der Waals surface area contributed by atoms with Crippen LogP contribution in [0.5, 0.6) is 0 Å². The molecule has 0 aliphatic rings. The van der Waals surface area contributed by atoms with E-state index >= 15 is 0 Å². The van der Waals surface area contributed by atoms with Crippen LogP contribution in [0, 0.1) is 6.92 Å². The van der Waals surface area contributed by atoms with Gasteiger partial charge in [-0.05, 0) is 36.8 Å². The van der Waals surface area contributed by atoms with E-state index in [1.54, 1.807) is 11.8 Å². The number of hydrazine groups is 1. The molecule has 0 saturated heterocycles. The second-order valence-corrected chi connectivity index (χ2v) is 5.92. The molecule has 0 saturated carbocycles. The molecule has 0 radical (unpaired) electrons. The highest BCUT2D eigenvalue weighted by Crippen LogP contribution is 2.25. The van der Waals surface area contributed by atoms with Crippen LogP contribution in [0.3, 0.4) is 0 Å². The number of hydrogen-bond acceptors (Lipinski definition) is 3. The summed E-state index contributed by atoms with van der Waals surface area (Å²) in [5, 5.41) is 0.741. The molecule has 0 amide bonds. The fraction of sp³-hybridized carbons (Fsp3) is 0.200. The van der Waals surface area contributed by atoms with Crippen molar-refractivity contribution >= 4 is 23.4 Å². The number of aryl methyl sites for hydroxylation is 1. The van der Waals surface area contributed by atoms with Crippen LogP contribution < -0.4 is 11.3 Å². The number of halogens is 1. The molecule has 100 valence electrons. The van der Waals surface area contributed by atoms with Crippen molar-refractivity contribution in [2.45, 2.75) is 17.9 Å². The number of thioether (sulfide) groups is 1. The second kappa shape index (κ2) is 6.96. The maximum absolute atomic E-state index is 5.89. The van der Waals surface area contributed by atoms with Gasteiger partial charge >= 0.3 is 0 Å². The Morgan fingerprint density at radius 2 is 1.74 bits per heavy atom. The smallest absolute Gasteiger partial charge is 0.0553 e. The van der Waals surface area contributed by atoms with Gasteiger partial charge in [0.15, 0.2) is 0 Å². The van der Waals surface area contributed by atoms with E-state index in [4.69, 9.17) is 17.4 Å². The van der Waals surface area contributed by atoms with E-state index in [0.717, 1.165) is 16.3 Å². The summed E-state index contributed by atoms with van der Waals surface area (Å²) in [6.45, 7) is 2.09. The quantitative estimate of drug-likeness (QED) is 0.498. The van der Waals surface area contributed by atoms with E-state index in [2.05, 4.69) is 36.6 Å². The lowest BCUT2D eigenvalue weighted by Crippen LogP contribution is -2.29. The van der Waals surface area contributed by atoms with Gasteiger partial charge in [-0.25, -0.2) is 0 Å². The average Bonchev–Trinajstić information content (AvgIpc) is 2.43. The topological polar surface area (TPSA) is 38.0 Å². The van der Waals surface area contributed by atoms with E-state index < -0.39 is 0 Å². The van der Waals surface area contributed by atoms with Gasteiger partial charge in [0, 0.05) is 15.7 Å². The molecule has 0 aliphatic carbocycles. The Bertz CT molecular complexity index is 511. The third-order valence-corrected chi connectivity index (χ3v) is 4.27. The first-order valence-electron chi connectivity index (χ1n) is 6.10. The molecular weight excluding hydrogens is 276 g/mol. The van der Waals surface area contributed by atoms with Crippen molar-refractivity contribution in [3.8, 4) is 0 Å². The van der Waals surface area contributed by atoms with Gasteiger partial charge in [-0.3, -0.25) is 11.3 Å². The largest absolute Gasteiger partial charge is 0.271 e. The second-order valence-electron chi connectivity index (χ2n) is 4.39. The van der Waals surface area contributed by atoms with Crippen molar-refractivity contribution < 1.29 is 0 Å². The van der Waals surface area contributed by atoms with Gasteiger partial charge in [-0.2, -0.15) is 0 Å². The molecule has 0 heterocycles. The predicted octanol–water partition coefficient (Wildman–Crippen LogP) is 3.95. The minimum atomic E-state index is 0.114. The zero-order valence-corrected chi connectivity index (χ0v) is 12.3. The fourth-order valence-electron chi connectivity index (χ4n) is 1.75. The first kappa shape index (κ1) is 14.4. The number of nitrogens with one attached hydrogen (secondary N) is 1. The number of nitrogens with two attached hydrogens (primary N) is 1. The summed E-state index contributed by atoms with van der Waals surface area (Å²) in [4.78, 5) is 1.25. The normalized spacial score (nSPS) is 12.4. The lowest BCUT2D eigenvalue weighted by Gasteiger charge is -2.16. The van der Waals surface area contributed by atoms with Gasteiger partial charge in [0.05, 0.1) is 6.04 Å². The van der Waals surface area contributed by atoms with E-state index in [-0.39, 0.29) is 6.04 Å². The number of hydrogen-bond donors (Lipinski definition) is 2. The Morgan fingerprint density at radius 3 is 2.32 bits per heavy atom. The van der Waals surface area contributed by atoms with Crippen molar-refractivity contribution in [2.75, 3.05) is 5.75 Å². The van der Waals surface area contributed by atoms with Crippen LogP contribution in [0.25, 0.3) is 0 Å². The highest BCUT2D eigenvalue weighted by Gasteiger charge is 2.10. The van der Waals surface area contributed by atoms with E-state index in [0.29, 0.717) is 0 Å². The molecule has 4 heteroatoms. The molecule has 0 bridgehead atoms. The zero-order valence-electron chi connectivity index (χ0n) is 10.8. The maximum Gasteiger partial charge on any atom is 0.0553 e. The van der Waals surface area contributed by atoms with Crippen molar-refractivity contribution in [2.24, 2.45) is 5.84 Å². The van der Waals surface area contributed by atoms with E-state index in [1.807, 2.05) is 24.3 Å². The van der Waals surface area contributed by atoms with Crippen molar-refractivity contribution in [1.82, 2.24) is 5.43 Å². The Kier molecular flexibility index (Phi) is 5.28.